The van der Waals surface area contributed by atoms with Gasteiger partial charge < -0.3 is 15.5 Å². The summed E-state index contributed by atoms with van der Waals surface area (Å²) in [5.41, 5.74) is 1.69. The molecular formula is C21H26ClN5O3. The Balaban J connectivity index is 1.78. The van der Waals surface area contributed by atoms with Gasteiger partial charge in [-0.1, -0.05) is 43.6 Å². The summed E-state index contributed by atoms with van der Waals surface area (Å²) in [5, 5.41) is 30.6. The van der Waals surface area contributed by atoms with Gasteiger partial charge in [-0.2, -0.15) is 10.2 Å². The number of benzene rings is 1. The molecule has 0 radical (unpaired) electrons. The Labute approximate surface area is 180 Å². The number of aliphatic hydroxyl groups excluding tert-OH is 2. The predicted molar refractivity (Wildman–Crippen MR) is 115 cm³/mol. The van der Waals surface area contributed by atoms with Gasteiger partial charge in [-0.3, -0.25) is 14.2 Å². The number of carbonyl (C=O) groups excluding carboxylic acids is 1. The first-order valence-electron chi connectivity index (χ1n) is 9.79. The average molecular weight is 432 g/mol. The van der Waals surface area contributed by atoms with E-state index in [4.69, 9.17) is 16.7 Å². The molecule has 2 heterocycles. The highest BCUT2D eigenvalue weighted by Gasteiger charge is 2.24. The van der Waals surface area contributed by atoms with Crippen LogP contribution in [0, 0.1) is 5.92 Å². The minimum Gasteiger partial charge on any atom is -0.394 e. The molecule has 0 aliphatic heterocycles. The number of aliphatic hydroxyl groups is 2. The SMILES string of the molecule is CC(C)C[C@@H](C(=O)Nc1ccn(C[C@@H](O)CO)n1)n1cc(-c2ccccc2Cl)cn1. The Kier molecular flexibility index (Phi) is 7.25. The second-order valence-corrected chi connectivity index (χ2v) is 7.99. The molecule has 160 valence electrons. The maximum absolute atomic E-state index is 13.0. The van der Waals surface area contributed by atoms with E-state index in [2.05, 4.69) is 15.5 Å². The van der Waals surface area contributed by atoms with E-state index < -0.39 is 12.1 Å². The Bertz CT molecular complexity index is 984. The summed E-state index contributed by atoms with van der Waals surface area (Å²) >= 11 is 6.29. The summed E-state index contributed by atoms with van der Waals surface area (Å²) < 4.78 is 3.12. The highest BCUT2D eigenvalue weighted by atomic mass is 35.5. The number of nitrogens with one attached hydrogen (secondary N) is 1. The van der Waals surface area contributed by atoms with Crippen molar-refractivity contribution in [2.75, 3.05) is 11.9 Å². The topological polar surface area (TPSA) is 105 Å². The Hall–Kier alpha value is -2.68. The molecule has 1 aromatic carbocycles. The molecule has 0 aliphatic rings. The molecule has 0 saturated heterocycles. The van der Waals surface area contributed by atoms with E-state index in [0.717, 1.165) is 11.1 Å². The number of hydrogen-bond donors (Lipinski definition) is 3. The molecule has 30 heavy (non-hydrogen) atoms. The van der Waals surface area contributed by atoms with E-state index in [1.807, 2.05) is 44.3 Å². The zero-order valence-corrected chi connectivity index (χ0v) is 17.7. The van der Waals surface area contributed by atoms with Crippen molar-refractivity contribution in [1.82, 2.24) is 19.6 Å². The van der Waals surface area contributed by atoms with E-state index >= 15 is 0 Å². The van der Waals surface area contributed by atoms with Gasteiger partial charge in [0.1, 0.15) is 6.04 Å². The number of nitrogens with zero attached hydrogens (tertiary/aromatic N) is 4. The average Bonchev–Trinajstić information content (AvgIpc) is 3.36. The minimum absolute atomic E-state index is 0.141. The normalized spacial score (nSPS) is 13.4. The lowest BCUT2D eigenvalue weighted by Gasteiger charge is -2.18. The molecule has 2 aromatic heterocycles. The Morgan fingerprint density at radius 2 is 2.03 bits per heavy atom. The van der Waals surface area contributed by atoms with Crippen LogP contribution >= 0.6 is 11.6 Å². The third-order valence-electron chi connectivity index (χ3n) is 4.60. The van der Waals surface area contributed by atoms with Gasteiger partial charge in [0.2, 0.25) is 5.91 Å². The second-order valence-electron chi connectivity index (χ2n) is 7.58. The number of carbonyl (C=O) groups is 1. The third-order valence-corrected chi connectivity index (χ3v) is 4.93. The van der Waals surface area contributed by atoms with E-state index in [-0.39, 0.29) is 25.0 Å². The summed E-state index contributed by atoms with van der Waals surface area (Å²) in [6.45, 7) is 3.88. The standard InChI is InChI=1S/C21H26ClN5O3/c1-14(2)9-19(21(30)24-20-7-8-26(25-20)12-16(29)13-28)27-11-15(10-23-27)17-5-3-4-6-18(17)22/h3-8,10-11,14,16,19,28-29H,9,12-13H2,1-2H3,(H,24,25,30)/t16-,19+/m1/s1. The lowest BCUT2D eigenvalue weighted by molar-refractivity contribution is -0.120. The maximum atomic E-state index is 13.0. The molecule has 2 atom stereocenters. The largest absolute Gasteiger partial charge is 0.394 e. The van der Waals surface area contributed by atoms with Gasteiger partial charge in [0.05, 0.1) is 25.5 Å². The van der Waals surface area contributed by atoms with Crippen molar-refractivity contribution in [3.63, 3.8) is 0 Å². The summed E-state index contributed by atoms with van der Waals surface area (Å²) in [4.78, 5) is 13.0. The van der Waals surface area contributed by atoms with Crippen LogP contribution in [0.1, 0.15) is 26.3 Å². The van der Waals surface area contributed by atoms with Gasteiger partial charge in [-0.05, 0) is 18.4 Å². The van der Waals surface area contributed by atoms with Crippen LogP contribution in [0.25, 0.3) is 11.1 Å². The molecule has 8 nitrogen and oxygen atoms in total. The van der Waals surface area contributed by atoms with Crippen LogP contribution in [0.2, 0.25) is 5.02 Å². The number of halogens is 1. The van der Waals surface area contributed by atoms with Crippen molar-refractivity contribution in [3.8, 4) is 11.1 Å². The summed E-state index contributed by atoms with van der Waals surface area (Å²) in [6, 6.07) is 8.62. The molecule has 0 unspecified atom stereocenters. The van der Waals surface area contributed by atoms with Crippen molar-refractivity contribution in [3.05, 3.63) is 53.9 Å². The number of anilines is 1. The fourth-order valence-electron chi connectivity index (χ4n) is 3.14. The summed E-state index contributed by atoms with van der Waals surface area (Å²) in [7, 11) is 0. The van der Waals surface area contributed by atoms with Crippen molar-refractivity contribution in [1.29, 1.82) is 0 Å². The second kappa shape index (κ2) is 9.88. The fraction of sp³-hybridized carbons (Fsp3) is 0.381. The zero-order chi connectivity index (χ0) is 21.7. The first-order chi connectivity index (χ1) is 14.4. The zero-order valence-electron chi connectivity index (χ0n) is 16.9. The van der Waals surface area contributed by atoms with Crippen LogP contribution in [-0.2, 0) is 11.3 Å². The van der Waals surface area contributed by atoms with Crippen LogP contribution < -0.4 is 5.32 Å². The lowest BCUT2D eigenvalue weighted by Crippen LogP contribution is -2.28. The van der Waals surface area contributed by atoms with Crippen LogP contribution in [-0.4, -0.2) is 48.4 Å². The molecule has 0 fully saturated rings. The molecule has 0 bridgehead atoms. The molecule has 3 rings (SSSR count). The molecule has 0 spiro atoms. The number of rotatable bonds is 9. The first kappa shape index (κ1) is 22.0. The Morgan fingerprint density at radius 1 is 1.27 bits per heavy atom. The van der Waals surface area contributed by atoms with Crippen molar-refractivity contribution in [2.45, 2.75) is 39.0 Å². The van der Waals surface area contributed by atoms with Gasteiger partial charge in [-0.25, -0.2) is 0 Å². The fourth-order valence-corrected chi connectivity index (χ4v) is 3.38. The van der Waals surface area contributed by atoms with Crippen LogP contribution in [0.3, 0.4) is 0 Å². The monoisotopic (exact) mass is 431 g/mol. The van der Waals surface area contributed by atoms with Crippen molar-refractivity contribution >= 4 is 23.3 Å². The van der Waals surface area contributed by atoms with E-state index in [9.17, 15) is 9.90 Å². The van der Waals surface area contributed by atoms with Gasteiger partial charge in [0.15, 0.2) is 5.82 Å². The molecule has 3 aromatic rings. The van der Waals surface area contributed by atoms with Crippen LogP contribution in [0.15, 0.2) is 48.9 Å². The molecule has 9 heteroatoms. The minimum atomic E-state index is -0.908. The van der Waals surface area contributed by atoms with Crippen molar-refractivity contribution < 1.29 is 15.0 Å². The first-order valence-corrected chi connectivity index (χ1v) is 10.2. The van der Waals surface area contributed by atoms with E-state index in [1.165, 1.54) is 4.68 Å². The maximum Gasteiger partial charge on any atom is 0.250 e. The highest BCUT2D eigenvalue weighted by molar-refractivity contribution is 6.33. The smallest absolute Gasteiger partial charge is 0.250 e. The molecule has 0 aliphatic carbocycles. The highest BCUT2D eigenvalue weighted by Crippen LogP contribution is 2.29. The quantitative estimate of drug-likeness (QED) is 0.483. The van der Waals surface area contributed by atoms with Crippen LogP contribution in [0.4, 0.5) is 5.82 Å². The van der Waals surface area contributed by atoms with Crippen LogP contribution in [0.5, 0.6) is 0 Å². The number of amides is 1. The summed E-state index contributed by atoms with van der Waals surface area (Å²) in [5.74, 6) is 0.411. The van der Waals surface area contributed by atoms with Gasteiger partial charge in [-0.15, -0.1) is 0 Å². The number of aromatic nitrogens is 4. The predicted octanol–water partition coefficient (Wildman–Crippen LogP) is 2.98. The van der Waals surface area contributed by atoms with Gasteiger partial charge >= 0.3 is 0 Å². The summed E-state index contributed by atoms with van der Waals surface area (Å²) in [6.07, 6.45) is 4.85. The van der Waals surface area contributed by atoms with Gasteiger partial charge in [0.25, 0.3) is 0 Å². The number of hydrogen-bond acceptors (Lipinski definition) is 5. The third kappa shape index (κ3) is 5.47. The van der Waals surface area contributed by atoms with Gasteiger partial charge in [0, 0.05) is 34.6 Å². The molecule has 3 N–H and O–H groups in total. The van der Waals surface area contributed by atoms with E-state index in [0.29, 0.717) is 17.3 Å². The van der Waals surface area contributed by atoms with E-state index in [1.54, 1.807) is 23.1 Å². The molecule has 0 saturated carbocycles. The van der Waals surface area contributed by atoms with Crippen molar-refractivity contribution in [2.24, 2.45) is 5.92 Å². The molecular weight excluding hydrogens is 406 g/mol. The molecule has 1 amide bonds. The Morgan fingerprint density at radius 3 is 2.73 bits per heavy atom. The lowest BCUT2D eigenvalue weighted by atomic mass is 10.0.